The molecule has 6 nitrogen and oxygen atoms in total. The summed E-state index contributed by atoms with van der Waals surface area (Å²) in [4.78, 5) is 29.6. The van der Waals surface area contributed by atoms with Crippen LogP contribution in [0.4, 0.5) is 10.5 Å². The first-order valence-electron chi connectivity index (χ1n) is 10.6. The van der Waals surface area contributed by atoms with Crippen molar-refractivity contribution in [2.24, 2.45) is 5.92 Å². The lowest BCUT2D eigenvalue weighted by molar-refractivity contribution is -0.138. The van der Waals surface area contributed by atoms with Crippen LogP contribution in [0.1, 0.15) is 44.1 Å². The minimum atomic E-state index is -0.106. The van der Waals surface area contributed by atoms with Gasteiger partial charge in [0.1, 0.15) is 0 Å². The predicted octanol–water partition coefficient (Wildman–Crippen LogP) is 2.98. The van der Waals surface area contributed by atoms with Crippen molar-refractivity contribution in [2.45, 2.75) is 63.6 Å². The number of urea groups is 1. The molecule has 152 valence electrons. The van der Waals surface area contributed by atoms with Crippen LogP contribution in [-0.2, 0) is 4.79 Å². The number of piperidine rings is 2. The molecule has 1 aromatic rings. The summed E-state index contributed by atoms with van der Waals surface area (Å²) < 4.78 is 0. The first kappa shape index (κ1) is 19.2. The maximum atomic E-state index is 13.1. The number of carbonyl (C=O) groups excluding carboxylic acids is 2. The van der Waals surface area contributed by atoms with Gasteiger partial charge in [0.05, 0.1) is 5.92 Å². The van der Waals surface area contributed by atoms with Crippen LogP contribution < -0.4 is 10.6 Å². The van der Waals surface area contributed by atoms with Gasteiger partial charge in [-0.3, -0.25) is 4.79 Å². The molecule has 1 aromatic carbocycles. The molecule has 0 spiro atoms. The molecule has 2 N–H and O–H groups in total. The van der Waals surface area contributed by atoms with E-state index in [4.69, 9.17) is 0 Å². The van der Waals surface area contributed by atoms with Crippen LogP contribution in [0.15, 0.2) is 24.3 Å². The topological polar surface area (TPSA) is 64.7 Å². The Morgan fingerprint density at radius 1 is 1.18 bits per heavy atom. The van der Waals surface area contributed by atoms with Crippen molar-refractivity contribution >= 4 is 17.6 Å². The number of rotatable bonds is 3. The minimum Gasteiger partial charge on any atom is -0.342 e. The molecule has 3 amide bonds. The summed E-state index contributed by atoms with van der Waals surface area (Å²) in [5.41, 5.74) is 1.92. The Morgan fingerprint density at radius 2 is 1.93 bits per heavy atom. The average molecular weight is 385 g/mol. The van der Waals surface area contributed by atoms with Crippen LogP contribution in [0, 0.1) is 12.8 Å². The Morgan fingerprint density at radius 3 is 2.64 bits per heavy atom. The van der Waals surface area contributed by atoms with Gasteiger partial charge in [0, 0.05) is 44.0 Å². The van der Waals surface area contributed by atoms with Crippen LogP contribution in [0.3, 0.4) is 0 Å². The molecule has 0 saturated carbocycles. The van der Waals surface area contributed by atoms with Gasteiger partial charge in [-0.25, -0.2) is 4.79 Å². The van der Waals surface area contributed by atoms with Gasteiger partial charge in [0.15, 0.2) is 0 Å². The van der Waals surface area contributed by atoms with Crippen molar-refractivity contribution in [3.63, 3.8) is 0 Å². The number of nitrogens with zero attached hydrogens (tertiary/aromatic N) is 2. The SMILES string of the molecule is Cc1cccc(NC(=O)N2CCCC(C(=O)N(C)C3CC4CCC(C3)N4)C2)c1. The largest absolute Gasteiger partial charge is 0.342 e. The number of amides is 3. The fraction of sp³-hybridized carbons (Fsp3) is 0.636. The highest BCUT2D eigenvalue weighted by Crippen LogP contribution is 2.30. The fourth-order valence-corrected chi connectivity index (χ4v) is 5.10. The molecule has 4 rings (SSSR count). The van der Waals surface area contributed by atoms with E-state index in [0.29, 0.717) is 31.2 Å². The molecule has 3 aliphatic heterocycles. The molecule has 28 heavy (non-hydrogen) atoms. The molecule has 0 aromatic heterocycles. The number of carbonyl (C=O) groups is 2. The van der Waals surface area contributed by atoms with E-state index < -0.39 is 0 Å². The van der Waals surface area contributed by atoms with Crippen molar-refractivity contribution in [1.29, 1.82) is 0 Å². The third kappa shape index (κ3) is 4.17. The van der Waals surface area contributed by atoms with E-state index in [1.165, 1.54) is 12.8 Å². The maximum Gasteiger partial charge on any atom is 0.321 e. The second-order valence-corrected chi connectivity index (χ2v) is 8.80. The van der Waals surface area contributed by atoms with Crippen molar-refractivity contribution < 1.29 is 9.59 Å². The zero-order valence-electron chi connectivity index (χ0n) is 17.0. The van der Waals surface area contributed by atoms with E-state index in [2.05, 4.69) is 10.6 Å². The van der Waals surface area contributed by atoms with Crippen LogP contribution in [-0.4, -0.2) is 60.0 Å². The smallest absolute Gasteiger partial charge is 0.321 e. The number of likely N-dealkylation sites (tertiary alicyclic amines) is 1. The number of nitrogens with one attached hydrogen (secondary N) is 2. The Kier molecular flexibility index (Phi) is 5.58. The van der Waals surface area contributed by atoms with Crippen LogP contribution >= 0.6 is 0 Å². The number of hydrogen-bond donors (Lipinski definition) is 2. The monoisotopic (exact) mass is 384 g/mol. The van der Waals surface area contributed by atoms with Crippen molar-refractivity contribution in [3.05, 3.63) is 29.8 Å². The number of benzene rings is 1. The highest BCUT2D eigenvalue weighted by Gasteiger charge is 2.38. The third-order valence-electron chi connectivity index (χ3n) is 6.67. The molecule has 3 unspecified atom stereocenters. The third-order valence-corrected chi connectivity index (χ3v) is 6.67. The Hall–Kier alpha value is -2.08. The lowest BCUT2D eigenvalue weighted by Crippen LogP contribution is -2.52. The van der Waals surface area contributed by atoms with Gasteiger partial charge in [-0.05, 0) is 63.1 Å². The lowest BCUT2D eigenvalue weighted by atomic mass is 9.93. The summed E-state index contributed by atoms with van der Waals surface area (Å²) >= 11 is 0. The van der Waals surface area contributed by atoms with E-state index >= 15 is 0 Å². The quantitative estimate of drug-likeness (QED) is 0.842. The van der Waals surface area contributed by atoms with Gasteiger partial charge in [0.25, 0.3) is 0 Å². The van der Waals surface area contributed by atoms with Crippen molar-refractivity contribution in [1.82, 2.24) is 15.1 Å². The number of anilines is 1. The summed E-state index contributed by atoms with van der Waals surface area (Å²) in [5.74, 6) is 0.119. The van der Waals surface area contributed by atoms with Crippen LogP contribution in [0.25, 0.3) is 0 Å². The zero-order chi connectivity index (χ0) is 19.7. The summed E-state index contributed by atoms with van der Waals surface area (Å²) in [6.07, 6.45) is 6.34. The molecule has 3 saturated heterocycles. The van der Waals surface area contributed by atoms with Crippen molar-refractivity contribution in [3.8, 4) is 0 Å². The molecular weight excluding hydrogens is 352 g/mol. The van der Waals surface area contributed by atoms with E-state index in [0.717, 1.165) is 36.9 Å². The average Bonchev–Trinajstić information content (AvgIpc) is 3.04. The second-order valence-electron chi connectivity index (χ2n) is 8.80. The first-order chi connectivity index (χ1) is 13.5. The van der Waals surface area contributed by atoms with Crippen LogP contribution in [0.5, 0.6) is 0 Å². The second kappa shape index (κ2) is 8.11. The fourth-order valence-electron chi connectivity index (χ4n) is 5.10. The normalized spacial score (nSPS) is 29.4. The number of fused-ring (bicyclic) bond motifs is 2. The predicted molar refractivity (Wildman–Crippen MR) is 110 cm³/mol. The van der Waals surface area contributed by atoms with E-state index in [9.17, 15) is 9.59 Å². The molecule has 3 atom stereocenters. The van der Waals surface area contributed by atoms with Gasteiger partial charge in [0.2, 0.25) is 5.91 Å². The lowest BCUT2D eigenvalue weighted by Gasteiger charge is -2.39. The molecule has 2 bridgehead atoms. The molecular formula is C22H32N4O2. The Balaban J connectivity index is 1.35. The maximum absolute atomic E-state index is 13.1. The molecule has 0 aliphatic carbocycles. The van der Waals surface area contributed by atoms with Gasteiger partial charge in [-0.1, -0.05) is 12.1 Å². The van der Waals surface area contributed by atoms with Gasteiger partial charge in [-0.15, -0.1) is 0 Å². The van der Waals surface area contributed by atoms with Gasteiger partial charge >= 0.3 is 6.03 Å². The molecule has 0 radical (unpaired) electrons. The number of aryl methyl sites for hydroxylation is 1. The Labute approximate surface area is 167 Å². The van der Waals surface area contributed by atoms with E-state index in [1.54, 1.807) is 4.90 Å². The van der Waals surface area contributed by atoms with Gasteiger partial charge < -0.3 is 20.4 Å². The minimum absolute atomic E-state index is 0.0884. The molecule has 3 aliphatic rings. The standard InChI is InChI=1S/C22H32N4O2/c1-15-5-3-7-17(11-15)24-22(28)26-10-4-6-16(14-26)21(27)25(2)20-12-18-8-9-19(13-20)23-18/h3,5,7,11,16,18-20,23H,4,6,8-10,12-14H2,1-2H3,(H,24,28). The molecule has 3 fully saturated rings. The summed E-state index contributed by atoms with van der Waals surface area (Å²) in [5, 5.41) is 6.62. The summed E-state index contributed by atoms with van der Waals surface area (Å²) in [7, 11) is 1.96. The Bertz CT molecular complexity index is 725. The first-order valence-corrected chi connectivity index (χ1v) is 10.6. The summed E-state index contributed by atoms with van der Waals surface area (Å²) in [6.45, 7) is 3.23. The highest BCUT2D eigenvalue weighted by molar-refractivity contribution is 5.90. The number of hydrogen-bond acceptors (Lipinski definition) is 3. The molecule has 6 heteroatoms. The van der Waals surface area contributed by atoms with Crippen molar-refractivity contribution in [2.75, 3.05) is 25.5 Å². The highest BCUT2D eigenvalue weighted by atomic mass is 16.2. The van der Waals surface area contributed by atoms with Crippen LogP contribution in [0.2, 0.25) is 0 Å². The zero-order valence-corrected chi connectivity index (χ0v) is 17.0. The van der Waals surface area contributed by atoms with Gasteiger partial charge in [-0.2, -0.15) is 0 Å². The van der Waals surface area contributed by atoms with E-state index in [1.807, 2.05) is 43.1 Å². The van der Waals surface area contributed by atoms with E-state index in [-0.39, 0.29) is 17.9 Å². The molecule has 3 heterocycles. The summed E-state index contributed by atoms with van der Waals surface area (Å²) in [6, 6.07) is 9.18.